The Hall–Kier alpha value is -9.13. The molecule has 13 aromatic rings. The Labute approximate surface area is 416 Å². The summed E-state index contributed by atoms with van der Waals surface area (Å²) >= 11 is 0. The lowest BCUT2D eigenvalue weighted by Gasteiger charge is -2.21. The molecule has 2 aliphatic rings. The largest absolute Gasteiger partial charge is 0.313 e. The van der Waals surface area contributed by atoms with E-state index in [4.69, 9.17) is 15.0 Å². The molecule has 0 saturated carbocycles. The summed E-state index contributed by atoms with van der Waals surface area (Å²) in [6, 6.07) is 76.8. The second kappa shape index (κ2) is 15.4. The molecule has 6 nitrogen and oxygen atoms in total. The number of hydrogen-bond acceptors (Lipinski definition) is 3. The maximum Gasteiger partial charge on any atom is 0.238 e. The minimum absolute atomic E-state index is 0.159. The first-order valence-corrected chi connectivity index (χ1v) is 25.0. The van der Waals surface area contributed by atoms with Gasteiger partial charge in [0.1, 0.15) is 0 Å². The summed E-state index contributed by atoms with van der Waals surface area (Å²) in [5, 5.41) is 6.07. The number of fused-ring (bicyclic) bond motifs is 12. The van der Waals surface area contributed by atoms with Gasteiger partial charge in [-0.1, -0.05) is 172 Å². The molecule has 72 heavy (non-hydrogen) atoms. The van der Waals surface area contributed by atoms with Crippen molar-refractivity contribution in [2.75, 3.05) is 0 Å². The summed E-state index contributed by atoms with van der Waals surface area (Å²) in [5.41, 5.74) is 19.1. The molecule has 4 heterocycles. The molecule has 0 saturated heterocycles. The van der Waals surface area contributed by atoms with E-state index in [2.05, 4.69) is 216 Å². The van der Waals surface area contributed by atoms with Gasteiger partial charge in [-0.25, -0.2) is 4.98 Å². The number of allylic oxidation sites excluding steroid dienone is 1. The standard InChI is InChI=1S/C66H46N6/c1-66(2)55-27-15-12-24-47(55)51-39-54-52-36-43(44-30-33-50-48-25-13-16-28-57(48)70(61(50)37-44)45-22-10-5-11-23-45)31-34-59(52)71(62(54)40-56(51)66)46-32-35-60-53(38-46)49-26-14-17-29-58(49)72(60)65-68-63(41-18-6-3-7-19-41)67-64(69-65)42-20-8-4-9-21-42/h3-36,38-40,44H,37H2,1-2H3. The van der Waals surface area contributed by atoms with Gasteiger partial charge in [-0.2, -0.15) is 9.97 Å². The highest BCUT2D eigenvalue weighted by atomic mass is 15.2. The van der Waals surface area contributed by atoms with E-state index in [9.17, 15) is 0 Å². The molecule has 0 fully saturated rings. The van der Waals surface area contributed by atoms with Crippen molar-refractivity contribution < 1.29 is 0 Å². The molecular weight excluding hydrogens is 877 g/mol. The van der Waals surface area contributed by atoms with Crippen LogP contribution in [0.3, 0.4) is 0 Å². The van der Waals surface area contributed by atoms with Crippen molar-refractivity contribution in [1.29, 1.82) is 0 Å². The maximum absolute atomic E-state index is 5.21. The second-order valence-corrected chi connectivity index (χ2v) is 20.0. The molecule has 0 bridgehead atoms. The first-order chi connectivity index (χ1) is 35.5. The van der Waals surface area contributed by atoms with Gasteiger partial charge in [0.05, 0.1) is 27.6 Å². The number of rotatable bonds is 6. The Morgan fingerprint density at radius 1 is 0.417 bits per heavy atom. The van der Waals surface area contributed by atoms with Gasteiger partial charge in [0.2, 0.25) is 5.95 Å². The Morgan fingerprint density at radius 2 is 1.00 bits per heavy atom. The van der Waals surface area contributed by atoms with Gasteiger partial charge in [-0.05, 0) is 101 Å². The summed E-state index contributed by atoms with van der Waals surface area (Å²) in [5.74, 6) is 2.04. The molecule has 6 heteroatoms. The smallest absolute Gasteiger partial charge is 0.238 e. The molecule has 15 rings (SSSR count). The summed E-state index contributed by atoms with van der Waals surface area (Å²) in [4.78, 5) is 15.4. The lowest BCUT2D eigenvalue weighted by atomic mass is 9.82. The monoisotopic (exact) mass is 922 g/mol. The van der Waals surface area contributed by atoms with Crippen LogP contribution in [0.4, 0.5) is 0 Å². The maximum atomic E-state index is 5.21. The van der Waals surface area contributed by atoms with Gasteiger partial charge in [0.25, 0.3) is 0 Å². The summed E-state index contributed by atoms with van der Waals surface area (Å²) in [6.45, 7) is 4.75. The predicted molar refractivity (Wildman–Crippen MR) is 296 cm³/mol. The van der Waals surface area contributed by atoms with Crippen LogP contribution in [0.1, 0.15) is 47.7 Å². The van der Waals surface area contributed by atoms with Crippen LogP contribution in [0.25, 0.3) is 112 Å². The van der Waals surface area contributed by atoms with Crippen molar-refractivity contribution in [2.45, 2.75) is 31.6 Å². The third-order valence-corrected chi connectivity index (χ3v) is 15.7. The Bertz CT molecular complexity index is 4320. The van der Waals surface area contributed by atoms with E-state index >= 15 is 0 Å². The highest BCUT2D eigenvalue weighted by Gasteiger charge is 2.36. The molecule has 0 spiro atoms. The zero-order valence-corrected chi connectivity index (χ0v) is 39.8. The number of benzene rings is 9. The number of hydrogen-bond donors (Lipinski definition) is 0. The van der Waals surface area contributed by atoms with Crippen LogP contribution < -0.4 is 0 Å². The molecule has 0 radical (unpaired) electrons. The fourth-order valence-corrected chi connectivity index (χ4v) is 12.2. The fourth-order valence-electron chi connectivity index (χ4n) is 12.2. The normalized spacial score (nSPS) is 14.7. The topological polar surface area (TPSA) is 53.5 Å². The number of aromatic nitrogens is 6. The van der Waals surface area contributed by atoms with Crippen molar-refractivity contribution in [3.05, 3.63) is 246 Å². The molecule has 2 aliphatic carbocycles. The quantitative estimate of drug-likeness (QED) is 0.167. The van der Waals surface area contributed by atoms with E-state index in [1.165, 1.54) is 77.5 Å². The lowest BCUT2D eigenvalue weighted by molar-refractivity contribution is 0.661. The molecule has 9 aromatic carbocycles. The predicted octanol–water partition coefficient (Wildman–Crippen LogP) is 16.0. The van der Waals surface area contributed by atoms with Crippen molar-refractivity contribution >= 4 is 60.6 Å². The van der Waals surface area contributed by atoms with Crippen molar-refractivity contribution in [2.24, 2.45) is 0 Å². The van der Waals surface area contributed by atoms with Crippen molar-refractivity contribution in [3.8, 4) is 51.2 Å². The van der Waals surface area contributed by atoms with Gasteiger partial charge in [-0.3, -0.25) is 4.57 Å². The highest BCUT2D eigenvalue weighted by molar-refractivity contribution is 6.14. The zero-order valence-electron chi connectivity index (χ0n) is 39.8. The van der Waals surface area contributed by atoms with Crippen LogP contribution in [0.2, 0.25) is 0 Å². The molecule has 4 aromatic heterocycles. The van der Waals surface area contributed by atoms with E-state index in [1.807, 2.05) is 36.4 Å². The van der Waals surface area contributed by atoms with E-state index in [-0.39, 0.29) is 11.3 Å². The van der Waals surface area contributed by atoms with Gasteiger partial charge < -0.3 is 9.13 Å². The minimum atomic E-state index is -0.159. The molecule has 0 N–H and O–H groups in total. The van der Waals surface area contributed by atoms with Gasteiger partial charge in [0, 0.05) is 72.0 Å². The summed E-state index contributed by atoms with van der Waals surface area (Å²) in [6.07, 6.45) is 5.71. The van der Waals surface area contributed by atoms with Crippen LogP contribution in [0.5, 0.6) is 0 Å². The lowest BCUT2D eigenvalue weighted by Crippen LogP contribution is -2.14. The van der Waals surface area contributed by atoms with Crippen molar-refractivity contribution in [1.82, 2.24) is 28.7 Å². The van der Waals surface area contributed by atoms with Crippen LogP contribution >= 0.6 is 0 Å². The van der Waals surface area contributed by atoms with E-state index in [1.54, 1.807) is 0 Å². The zero-order chi connectivity index (χ0) is 47.7. The van der Waals surface area contributed by atoms with Crippen LogP contribution in [-0.2, 0) is 11.8 Å². The SMILES string of the molecule is CC1(C)c2ccccc2-c2cc3c4cc(C5C=Cc6c(n(-c7ccccc7)c7ccccc67)C5)ccc4n(-c4ccc5c(c4)c4ccccc4n5-c4nc(-c5ccccc5)nc(-c5ccccc5)n4)c3cc21. The molecule has 0 aliphatic heterocycles. The third kappa shape index (κ3) is 5.99. The van der Waals surface area contributed by atoms with Crippen LogP contribution in [0.15, 0.2) is 218 Å². The van der Waals surface area contributed by atoms with Gasteiger partial charge in [-0.15, -0.1) is 0 Å². The van der Waals surface area contributed by atoms with Gasteiger partial charge in [0.15, 0.2) is 11.6 Å². The first-order valence-electron chi connectivity index (χ1n) is 25.0. The highest BCUT2D eigenvalue weighted by Crippen LogP contribution is 2.51. The average molecular weight is 923 g/mol. The number of nitrogens with zero attached hydrogens (tertiary/aromatic N) is 6. The average Bonchev–Trinajstić information content (AvgIpc) is 4.13. The fraction of sp³-hybridized carbons (Fsp3) is 0.0758. The van der Waals surface area contributed by atoms with E-state index < -0.39 is 0 Å². The van der Waals surface area contributed by atoms with Crippen LogP contribution in [-0.4, -0.2) is 28.7 Å². The number of para-hydroxylation sites is 3. The Kier molecular flexibility index (Phi) is 8.73. The Morgan fingerprint density at radius 3 is 1.75 bits per heavy atom. The minimum Gasteiger partial charge on any atom is -0.313 e. The molecule has 1 unspecified atom stereocenters. The van der Waals surface area contributed by atoms with Gasteiger partial charge >= 0.3 is 0 Å². The second-order valence-electron chi connectivity index (χ2n) is 20.0. The van der Waals surface area contributed by atoms with E-state index in [0.717, 1.165) is 45.0 Å². The molecule has 1 atom stereocenters. The van der Waals surface area contributed by atoms with E-state index in [0.29, 0.717) is 17.6 Å². The third-order valence-electron chi connectivity index (χ3n) is 15.7. The Balaban J connectivity index is 0.932. The van der Waals surface area contributed by atoms with Crippen LogP contribution in [0, 0.1) is 0 Å². The molecule has 0 amide bonds. The molecular formula is C66H46N6. The van der Waals surface area contributed by atoms with Crippen molar-refractivity contribution in [3.63, 3.8) is 0 Å². The summed E-state index contributed by atoms with van der Waals surface area (Å²) < 4.78 is 7.19. The first kappa shape index (κ1) is 40.7. The summed E-state index contributed by atoms with van der Waals surface area (Å²) in [7, 11) is 0. The molecule has 340 valence electrons.